The monoisotopic (exact) mass is 494 g/mol. The molecule has 7 nitrogen and oxygen atoms in total. The lowest BCUT2D eigenvalue weighted by Crippen LogP contribution is -2.03. The first-order chi connectivity index (χ1) is 17.6. The quantitative estimate of drug-likeness (QED) is 0.0910. The minimum Gasteiger partial charge on any atom is -0.494 e. The Morgan fingerprint density at radius 3 is 1.75 bits per heavy atom. The highest BCUT2D eigenvalue weighted by molar-refractivity contribution is 5.89. The first kappa shape index (κ1) is 28.8. The molecule has 0 spiro atoms. The maximum atomic E-state index is 11.7. The van der Waals surface area contributed by atoms with Gasteiger partial charge in [0, 0.05) is 6.08 Å². The summed E-state index contributed by atoms with van der Waals surface area (Å²) < 4.78 is 15.8. The van der Waals surface area contributed by atoms with E-state index in [1.54, 1.807) is 31.2 Å². The van der Waals surface area contributed by atoms with Crippen LogP contribution in [0.4, 0.5) is 11.4 Å². The number of carbonyl (C=O) groups is 2. The molecule has 0 aliphatic heterocycles. The van der Waals surface area contributed by atoms with Crippen molar-refractivity contribution in [3.63, 3.8) is 0 Å². The lowest BCUT2D eigenvalue weighted by atomic mass is 10.1. The van der Waals surface area contributed by atoms with Crippen LogP contribution in [0, 0.1) is 0 Å². The molecule has 0 saturated carbocycles. The molecular formula is C29H38N2O5. The van der Waals surface area contributed by atoms with E-state index in [1.165, 1.54) is 44.6 Å². The molecule has 0 aliphatic rings. The molecule has 0 aromatic heterocycles. The van der Waals surface area contributed by atoms with E-state index in [-0.39, 0.29) is 11.9 Å². The van der Waals surface area contributed by atoms with Gasteiger partial charge in [-0.15, -0.1) is 0 Å². The van der Waals surface area contributed by atoms with Crippen LogP contribution in [0.5, 0.6) is 5.75 Å². The lowest BCUT2D eigenvalue weighted by molar-refractivity contribution is -0.137. The van der Waals surface area contributed by atoms with Gasteiger partial charge in [0.1, 0.15) is 5.75 Å². The highest BCUT2D eigenvalue weighted by Crippen LogP contribution is 2.22. The molecule has 36 heavy (non-hydrogen) atoms. The van der Waals surface area contributed by atoms with E-state index in [2.05, 4.69) is 16.8 Å². The molecular weight excluding hydrogens is 456 g/mol. The fourth-order valence-electron chi connectivity index (χ4n) is 3.47. The van der Waals surface area contributed by atoms with Gasteiger partial charge in [0.05, 0.1) is 36.8 Å². The van der Waals surface area contributed by atoms with Gasteiger partial charge in [0.15, 0.2) is 0 Å². The number of hydrogen-bond donors (Lipinski definition) is 0. The van der Waals surface area contributed by atoms with E-state index < -0.39 is 0 Å². The van der Waals surface area contributed by atoms with E-state index in [0.29, 0.717) is 31.1 Å². The minimum atomic E-state index is -0.342. The van der Waals surface area contributed by atoms with Crippen LogP contribution < -0.4 is 4.74 Å². The molecule has 0 unspecified atom stereocenters. The zero-order valence-corrected chi connectivity index (χ0v) is 21.3. The van der Waals surface area contributed by atoms with Crippen LogP contribution >= 0.6 is 0 Å². The van der Waals surface area contributed by atoms with E-state index in [4.69, 9.17) is 14.2 Å². The summed E-state index contributed by atoms with van der Waals surface area (Å²) in [6.45, 7) is 6.70. The van der Waals surface area contributed by atoms with Crippen LogP contribution in [0.1, 0.15) is 75.1 Å². The number of esters is 2. The Morgan fingerprint density at radius 2 is 1.22 bits per heavy atom. The second kappa shape index (κ2) is 17.9. The summed E-state index contributed by atoms with van der Waals surface area (Å²) in [5, 5.41) is 8.44. The van der Waals surface area contributed by atoms with Crippen molar-refractivity contribution >= 4 is 23.3 Å². The second-order valence-electron chi connectivity index (χ2n) is 8.36. The summed E-state index contributed by atoms with van der Waals surface area (Å²) in [4.78, 5) is 22.6. The highest BCUT2D eigenvalue weighted by atomic mass is 16.5. The average molecular weight is 495 g/mol. The van der Waals surface area contributed by atoms with Crippen LogP contribution in [-0.2, 0) is 14.3 Å². The van der Waals surface area contributed by atoms with E-state index in [1.807, 2.05) is 24.3 Å². The second-order valence-corrected chi connectivity index (χ2v) is 8.36. The molecule has 0 radical (unpaired) electrons. The summed E-state index contributed by atoms with van der Waals surface area (Å²) in [7, 11) is 0. The Morgan fingerprint density at radius 1 is 0.722 bits per heavy atom. The molecule has 0 aliphatic carbocycles. The normalized spacial score (nSPS) is 10.8. The van der Waals surface area contributed by atoms with Gasteiger partial charge in [-0.1, -0.05) is 51.5 Å². The van der Waals surface area contributed by atoms with Gasteiger partial charge in [-0.2, -0.15) is 10.2 Å². The molecule has 0 heterocycles. The third-order valence-electron chi connectivity index (χ3n) is 5.46. The molecule has 0 atom stereocenters. The van der Waals surface area contributed by atoms with Gasteiger partial charge < -0.3 is 14.2 Å². The van der Waals surface area contributed by atoms with Crippen molar-refractivity contribution in [3.05, 3.63) is 66.7 Å². The van der Waals surface area contributed by atoms with Gasteiger partial charge in [-0.25, -0.2) is 9.59 Å². The van der Waals surface area contributed by atoms with E-state index in [0.717, 1.165) is 30.7 Å². The first-order valence-electron chi connectivity index (χ1n) is 12.8. The van der Waals surface area contributed by atoms with Crippen LogP contribution in [0.15, 0.2) is 71.4 Å². The topological polar surface area (TPSA) is 86.5 Å². The molecule has 0 saturated heterocycles. The van der Waals surface area contributed by atoms with Crippen LogP contribution in [0.25, 0.3) is 0 Å². The maximum absolute atomic E-state index is 11.7. The number of benzene rings is 2. The maximum Gasteiger partial charge on any atom is 0.338 e. The number of rotatable bonds is 18. The Hall–Kier alpha value is -3.48. The summed E-state index contributed by atoms with van der Waals surface area (Å²) in [6, 6.07) is 14.4. The van der Waals surface area contributed by atoms with Crippen molar-refractivity contribution < 1.29 is 23.8 Å². The number of nitrogens with zero attached hydrogens (tertiary/aromatic N) is 2. The van der Waals surface area contributed by atoms with Crippen molar-refractivity contribution in [2.75, 3.05) is 19.8 Å². The SMILES string of the molecule is C=CC(=O)OCCCCCCCCCCCOc1ccc(N=Nc2ccc(C(=O)OCC)cc2)cc1. The summed E-state index contributed by atoms with van der Waals surface area (Å²) >= 11 is 0. The number of carbonyl (C=O) groups excluding carboxylic acids is 2. The molecule has 0 amide bonds. The third-order valence-corrected chi connectivity index (χ3v) is 5.46. The molecule has 0 bridgehead atoms. The van der Waals surface area contributed by atoms with Gasteiger partial charge in [-0.05, 0) is 68.3 Å². The largest absolute Gasteiger partial charge is 0.494 e. The highest BCUT2D eigenvalue weighted by Gasteiger charge is 2.05. The predicted octanol–water partition coefficient (Wildman–Crippen LogP) is 7.90. The summed E-state index contributed by atoms with van der Waals surface area (Å²) in [5.74, 6) is 0.146. The van der Waals surface area contributed by atoms with Gasteiger partial charge in [0.25, 0.3) is 0 Å². The minimum absolute atomic E-state index is 0.338. The van der Waals surface area contributed by atoms with Gasteiger partial charge >= 0.3 is 11.9 Å². The van der Waals surface area contributed by atoms with Gasteiger partial charge in [0.2, 0.25) is 0 Å². The van der Waals surface area contributed by atoms with E-state index in [9.17, 15) is 9.59 Å². The number of azo groups is 1. The Kier molecular flexibility index (Phi) is 14.3. The van der Waals surface area contributed by atoms with Crippen LogP contribution in [0.2, 0.25) is 0 Å². The number of hydrogen-bond acceptors (Lipinski definition) is 7. The van der Waals surface area contributed by atoms with Crippen molar-refractivity contribution in [2.45, 2.75) is 64.7 Å². The Bertz CT molecular complexity index is 939. The van der Waals surface area contributed by atoms with Gasteiger partial charge in [-0.3, -0.25) is 0 Å². The molecule has 0 N–H and O–H groups in total. The third kappa shape index (κ3) is 12.3. The standard InChI is InChI=1S/C29H38N2O5/c1-3-28(32)36-23-13-11-9-7-5-6-8-10-12-22-35-27-20-18-26(19-21-27)31-30-25-16-14-24(15-17-25)29(33)34-4-2/h3,14-21H,1,4-13,22-23H2,2H3. The Labute approximate surface area is 214 Å². The fraction of sp³-hybridized carbons (Fsp3) is 0.448. The van der Waals surface area contributed by atoms with Crippen molar-refractivity contribution in [1.82, 2.24) is 0 Å². The van der Waals surface area contributed by atoms with Crippen LogP contribution in [-0.4, -0.2) is 31.8 Å². The van der Waals surface area contributed by atoms with Crippen molar-refractivity contribution in [2.24, 2.45) is 10.2 Å². The first-order valence-corrected chi connectivity index (χ1v) is 12.8. The van der Waals surface area contributed by atoms with Crippen molar-refractivity contribution in [3.8, 4) is 5.75 Å². The number of unbranched alkanes of at least 4 members (excludes halogenated alkanes) is 8. The Balaban J connectivity index is 1.52. The molecule has 0 fully saturated rings. The molecule has 2 rings (SSSR count). The summed E-state index contributed by atoms with van der Waals surface area (Å²) in [5.41, 5.74) is 1.89. The smallest absolute Gasteiger partial charge is 0.338 e. The molecule has 7 heteroatoms. The molecule has 194 valence electrons. The average Bonchev–Trinajstić information content (AvgIpc) is 2.91. The van der Waals surface area contributed by atoms with Crippen molar-refractivity contribution in [1.29, 1.82) is 0 Å². The van der Waals surface area contributed by atoms with Crippen LogP contribution in [0.3, 0.4) is 0 Å². The predicted molar refractivity (Wildman–Crippen MR) is 141 cm³/mol. The number of ether oxygens (including phenoxy) is 3. The molecule has 2 aromatic carbocycles. The summed E-state index contributed by atoms with van der Waals surface area (Å²) in [6.07, 6.45) is 11.6. The zero-order valence-electron chi connectivity index (χ0n) is 21.3. The zero-order chi connectivity index (χ0) is 25.8. The molecule has 2 aromatic rings. The fourth-order valence-corrected chi connectivity index (χ4v) is 3.47. The lowest BCUT2D eigenvalue weighted by Gasteiger charge is -2.06. The van der Waals surface area contributed by atoms with E-state index >= 15 is 0 Å².